The molecule has 0 spiro atoms. The lowest BCUT2D eigenvalue weighted by Crippen LogP contribution is -2.34. The summed E-state index contributed by atoms with van der Waals surface area (Å²) < 4.78 is 5.37. The zero-order chi connectivity index (χ0) is 14.3. The molecule has 19 heavy (non-hydrogen) atoms. The first-order chi connectivity index (χ1) is 9.06. The van der Waals surface area contributed by atoms with Crippen molar-refractivity contribution in [3.8, 4) is 0 Å². The second-order valence-electron chi connectivity index (χ2n) is 3.60. The second kappa shape index (κ2) is 7.91. The number of carbonyl (C=O) groups is 2. The Balaban J connectivity index is 2.53. The molecule has 4 nitrogen and oxygen atoms in total. The molecule has 0 saturated carbocycles. The molecule has 0 aliphatic rings. The quantitative estimate of drug-likeness (QED) is 0.798. The van der Waals surface area contributed by atoms with Crippen molar-refractivity contribution < 1.29 is 14.3 Å². The molecule has 6 heteroatoms. The van der Waals surface area contributed by atoms with Crippen molar-refractivity contribution in [1.29, 1.82) is 0 Å². The Morgan fingerprint density at radius 1 is 1.32 bits per heavy atom. The van der Waals surface area contributed by atoms with Gasteiger partial charge in [-0.2, -0.15) is 0 Å². The Kier molecular flexibility index (Phi) is 6.52. The summed E-state index contributed by atoms with van der Waals surface area (Å²) in [5, 5.41) is 0. The molecule has 0 N–H and O–H groups in total. The number of hydrogen-bond donors (Lipinski definition) is 0. The predicted octanol–water partition coefficient (Wildman–Crippen LogP) is 2.34. The highest BCUT2D eigenvalue weighted by molar-refractivity contribution is 8.23. The lowest BCUT2D eigenvalue weighted by molar-refractivity contribution is -0.124. The van der Waals surface area contributed by atoms with Crippen LogP contribution in [-0.2, 0) is 9.53 Å². The third-order valence-electron chi connectivity index (χ3n) is 2.28. The number of thioether (sulfide) groups is 1. The van der Waals surface area contributed by atoms with Gasteiger partial charge in [0.1, 0.15) is 0 Å². The Labute approximate surface area is 122 Å². The Bertz CT molecular complexity index is 462. The van der Waals surface area contributed by atoms with Crippen LogP contribution in [0.1, 0.15) is 17.3 Å². The minimum absolute atomic E-state index is 0.0912. The molecular formula is C13H15NO3S2. The maximum Gasteiger partial charge on any atom is 0.260 e. The fourth-order valence-corrected chi connectivity index (χ4v) is 2.20. The summed E-state index contributed by atoms with van der Waals surface area (Å²) in [6.07, 6.45) is 0. The van der Waals surface area contributed by atoms with Crippen LogP contribution in [0.2, 0.25) is 0 Å². The summed E-state index contributed by atoms with van der Waals surface area (Å²) in [6.45, 7) is 2.29. The summed E-state index contributed by atoms with van der Waals surface area (Å²) >= 11 is 6.02. The van der Waals surface area contributed by atoms with E-state index in [-0.39, 0.29) is 17.6 Å². The van der Waals surface area contributed by atoms with Crippen LogP contribution < -0.4 is 0 Å². The van der Waals surface area contributed by atoms with Crippen molar-refractivity contribution in [3.63, 3.8) is 0 Å². The average molecular weight is 297 g/mol. The number of rotatable bonds is 4. The molecule has 0 unspecified atom stereocenters. The number of amides is 2. The van der Waals surface area contributed by atoms with Crippen molar-refractivity contribution >= 4 is 40.2 Å². The zero-order valence-electron chi connectivity index (χ0n) is 10.8. The number of benzene rings is 1. The average Bonchev–Trinajstić information content (AvgIpc) is 2.44. The molecule has 102 valence electrons. The first-order valence-corrected chi connectivity index (χ1v) is 7.11. The molecule has 1 aromatic rings. The van der Waals surface area contributed by atoms with E-state index in [4.69, 9.17) is 17.0 Å². The summed E-state index contributed by atoms with van der Waals surface area (Å²) in [7, 11) is 1.46. The summed E-state index contributed by atoms with van der Waals surface area (Å²) in [5.74, 6) is -0.539. The standard InChI is InChI=1S/C13H15NO3S2/c1-3-17-13(18)19-9-11(15)14(2)12(16)10-7-5-4-6-8-10/h4-8H,3,9H2,1-2H3. The van der Waals surface area contributed by atoms with E-state index in [0.29, 0.717) is 16.6 Å². The Morgan fingerprint density at radius 2 is 1.95 bits per heavy atom. The normalized spacial score (nSPS) is 9.79. The SMILES string of the molecule is CCOC(=S)SCC(=O)N(C)C(=O)c1ccccc1. The molecule has 0 aliphatic carbocycles. The molecule has 1 aromatic carbocycles. The second-order valence-corrected chi connectivity index (χ2v) is 5.17. The van der Waals surface area contributed by atoms with Crippen LogP contribution in [0, 0.1) is 0 Å². The summed E-state index contributed by atoms with van der Waals surface area (Å²) in [6, 6.07) is 8.66. The van der Waals surface area contributed by atoms with Gasteiger partial charge in [-0.15, -0.1) is 0 Å². The van der Waals surface area contributed by atoms with Crippen molar-refractivity contribution in [1.82, 2.24) is 4.90 Å². The molecule has 2 amide bonds. The van der Waals surface area contributed by atoms with Gasteiger partial charge in [0.25, 0.3) is 5.91 Å². The molecule has 0 heterocycles. The van der Waals surface area contributed by atoms with E-state index in [2.05, 4.69) is 0 Å². The van der Waals surface area contributed by atoms with E-state index < -0.39 is 0 Å². The Hall–Kier alpha value is -1.40. The lowest BCUT2D eigenvalue weighted by Gasteiger charge is -2.15. The number of imide groups is 1. The van der Waals surface area contributed by atoms with Gasteiger partial charge in [0.2, 0.25) is 10.3 Å². The molecule has 0 radical (unpaired) electrons. The van der Waals surface area contributed by atoms with Gasteiger partial charge < -0.3 is 4.74 Å². The number of ether oxygens (including phenoxy) is 1. The molecule has 0 bridgehead atoms. The molecular weight excluding hydrogens is 282 g/mol. The van der Waals surface area contributed by atoms with Crippen LogP contribution >= 0.6 is 24.0 Å². The van der Waals surface area contributed by atoms with Crippen molar-refractivity contribution in [2.24, 2.45) is 0 Å². The fourth-order valence-electron chi connectivity index (χ4n) is 1.26. The number of hydrogen-bond acceptors (Lipinski definition) is 5. The van der Waals surface area contributed by atoms with Gasteiger partial charge in [-0.1, -0.05) is 30.0 Å². The third-order valence-corrected chi connectivity index (χ3v) is 3.49. The molecule has 1 rings (SSSR count). The smallest absolute Gasteiger partial charge is 0.260 e. The zero-order valence-corrected chi connectivity index (χ0v) is 12.4. The van der Waals surface area contributed by atoms with Crippen LogP contribution in [-0.4, -0.2) is 40.5 Å². The van der Waals surface area contributed by atoms with Crippen LogP contribution in [0.25, 0.3) is 0 Å². The predicted molar refractivity (Wildman–Crippen MR) is 80.2 cm³/mol. The van der Waals surface area contributed by atoms with E-state index in [1.54, 1.807) is 24.3 Å². The topological polar surface area (TPSA) is 46.6 Å². The third kappa shape index (κ3) is 5.00. The van der Waals surface area contributed by atoms with Crippen LogP contribution in [0.15, 0.2) is 30.3 Å². The van der Waals surface area contributed by atoms with Gasteiger partial charge in [-0.3, -0.25) is 14.5 Å². The summed E-state index contributed by atoms with van der Waals surface area (Å²) in [5.41, 5.74) is 0.482. The van der Waals surface area contributed by atoms with Crippen molar-refractivity contribution in [2.45, 2.75) is 6.92 Å². The molecule has 0 aromatic heterocycles. The van der Waals surface area contributed by atoms with Crippen molar-refractivity contribution in [2.75, 3.05) is 19.4 Å². The number of carbonyl (C=O) groups excluding carboxylic acids is 2. The fraction of sp³-hybridized carbons (Fsp3) is 0.308. The highest BCUT2D eigenvalue weighted by Gasteiger charge is 2.18. The van der Waals surface area contributed by atoms with Crippen molar-refractivity contribution in [3.05, 3.63) is 35.9 Å². The minimum Gasteiger partial charge on any atom is -0.479 e. The monoisotopic (exact) mass is 297 g/mol. The van der Waals surface area contributed by atoms with Crippen LogP contribution in [0.4, 0.5) is 0 Å². The molecule has 0 aliphatic heterocycles. The van der Waals surface area contributed by atoms with E-state index in [1.807, 2.05) is 13.0 Å². The first-order valence-electron chi connectivity index (χ1n) is 5.71. The van der Waals surface area contributed by atoms with Gasteiger partial charge in [-0.25, -0.2) is 0 Å². The van der Waals surface area contributed by atoms with Crippen LogP contribution in [0.5, 0.6) is 0 Å². The van der Waals surface area contributed by atoms with E-state index in [1.165, 1.54) is 7.05 Å². The highest BCUT2D eigenvalue weighted by Crippen LogP contribution is 2.09. The maximum atomic E-state index is 12.0. The van der Waals surface area contributed by atoms with Gasteiger partial charge in [0.15, 0.2) is 0 Å². The molecule has 0 atom stereocenters. The van der Waals surface area contributed by atoms with Gasteiger partial charge in [0, 0.05) is 12.6 Å². The molecule has 0 fully saturated rings. The van der Waals surface area contributed by atoms with Gasteiger partial charge in [0.05, 0.1) is 12.4 Å². The van der Waals surface area contributed by atoms with Gasteiger partial charge in [-0.05, 0) is 31.3 Å². The maximum absolute atomic E-state index is 12.0. The van der Waals surface area contributed by atoms with Gasteiger partial charge >= 0.3 is 0 Å². The van der Waals surface area contributed by atoms with E-state index in [0.717, 1.165) is 16.7 Å². The number of thiocarbonyl (C=S) groups is 1. The van der Waals surface area contributed by atoms with E-state index in [9.17, 15) is 9.59 Å². The number of nitrogens with zero attached hydrogens (tertiary/aromatic N) is 1. The first kappa shape index (κ1) is 15.7. The summed E-state index contributed by atoms with van der Waals surface area (Å²) in [4.78, 5) is 24.9. The van der Waals surface area contributed by atoms with E-state index >= 15 is 0 Å². The largest absolute Gasteiger partial charge is 0.479 e. The lowest BCUT2D eigenvalue weighted by atomic mass is 10.2. The minimum atomic E-state index is -0.325. The Morgan fingerprint density at radius 3 is 2.53 bits per heavy atom. The molecule has 0 saturated heterocycles. The highest BCUT2D eigenvalue weighted by atomic mass is 32.2. The van der Waals surface area contributed by atoms with Crippen LogP contribution in [0.3, 0.4) is 0 Å².